The number of hydrogen-bond donors (Lipinski definition) is 1. The summed E-state index contributed by atoms with van der Waals surface area (Å²) in [6, 6.07) is 8.10. The lowest BCUT2D eigenvalue weighted by Gasteiger charge is -2.11. The first-order chi connectivity index (χ1) is 8.72. The van der Waals surface area contributed by atoms with Crippen LogP contribution in [0.2, 0.25) is 0 Å². The summed E-state index contributed by atoms with van der Waals surface area (Å²) in [6.45, 7) is 2.76. The van der Waals surface area contributed by atoms with E-state index in [9.17, 15) is 5.11 Å². The highest BCUT2D eigenvalue weighted by molar-refractivity contribution is 7.08. The monoisotopic (exact) mass is 262 g/mol. The van der Waals surface area contributed by atoms with E-state index >= 15 is 0 Å². The molecule has 1 N–H and O–H groups in total. The molecule has 96 valence electrons. The molecular formula is C15H18O2S. The number of aliphatic hydroxyl groups is 1. The molecule has 2 rings (SSSR count). The molecule has 0 amide bonds. The van der Waals surface area contributed by atoms with Crippen molar-refractivity contribution in [2.45, 2.75) is 19.4 Å². The van der Waals surface area contributed by atoms with E-state index in [1.807, 2.05) is 24.4 Å². The van der Waals surface area contributed by atoms with Gasteiger partial charge in [-0.25, -0.2) is 0 Å². The number of rotatable bonds is 5. The Morgan fingerprint density at radius 1 is 1.22 bits per heavy atom. The van der Waals surface area contributed by atoms with E-state index in [1.54, 1.807) is 18.4 Å². The van der Waals surface area contributed by atoms with Gasteiger partial charge in [0.25, 0.3) is 0 Å². The molecule has 18 heavy (non-hydrogen) atoms. The summed E-state index contributed by atoms with van der Waals surface area (Å²) in [5, 5.41) is 14.4. The highest BCUT2D eigenvalue weighted by Gasteiger charge is 2.13. The smallest absolute Gasteiger partial charge is 0.105 e. The van der Waals surface area contributed by atoms with Crippen LogP contribution in [0.5, 0.6) is 0 Å². The second kappa shape index (κ2) is 6.14. The number of methoxy groups -OCH3 is 1. The van der Waals surface area contributed by atoms with Gasteiger partial charge in [0.05, 0.1) is 6.61 Å². The van der Waals surface area contributed by atoms with Crippen molar-refractivity contribution in [3.8, 4) is 0 Å². The molecular weight excluding hydrogens is 244 g/mol. The Labute approximate surface area is 112 Å². The average Bonchev–Trinajstić information content (AvgIpc) is 2.82. The summed E-state index contributed by atoms with van der Waals surface area (Å²) in [6.07, 6.45) is 0.386. The molecule has 1 atom stereocenters. The standard InChI is InChI=1S/C15H18O2S/c1-11-9-18-10-14(11)15(16)13-5-3-12(4-6-13)7-8-17-2/h3-6,9-10,15-16H,7-8H2,1-2H3. The van der Waals surface area contributed by atoms with E-state index in [-0.39, 0.29) is 0 Å². The van der Waals surface area contributed by atoms with Crippen LogP contribution in [0, 0.1) is 6.92 Å². The highest BCUT2D eigenvalue weighted by Crippen LogP contribution is 2.27. The maximum Gasteiger partial charge on any atom is 0.105 e. The molecule has 0 radical (unpaired) electrons. The second-order valence-corrected chi connectivity index (χ2v) is 5.14. The summed E-state index contributed by atoms with van der Waals surface area (Å²) in [4.78, 5) is 0. The minimum atomic E-state index is -0.521. The third-order valence-electron chi connectivity index (χ3n) is 3.08. The van der Waals surface area contributed by atoms with Crippen molar-refractivity contribution < 1.29 is 9.84 Å². The molecule has 0 bridgehead atoms. The minimum absolute atomic E-state index is 0.521. The Morgan fingerprint density at radius 3 is 2.50 bits per heavy atom. The summed E-state index contributed by atoms with van der Waals surface area (Å²) in [5.74, 6) is 0. The fraction of sp³-hybridized carbons (Fsp3) is 0.333. The van der Waals surface area contributed by atoms with Gasteiger partial charge < -0.3 is 9.84 Å². The zero-order valence-electron chi connectivity index (χ0n) is 10.7. The van der Waals surface area contributed by atoms with Crippen LogP contribution >= 0.6 is 11.3 Å². The molecule has 1 unspecified atom stereocenters. The molecule has 0 saturated carbocycles. The summed E-state index contributed by atoms with van der Waals surface area (Å²) in [7, 11) is 1.71. The van der Waals surface area contributed by atoms with Crippen molar-refractivity contribution in [2.75, 3.05) is 13.7 Å². The number of benzene rings is 1. The Morgan fingerprint density at radius 2 is 1.94 bits per heavy atom. The lowest BCUT2D eigenvalue weighted by Crippen LogP contribution is -2.00. The molecule has 0 aliphatic rings. The van der Waals surface area contributed by atoms with Gasteiger partial charge in [-0.2, -0.15) is 11.3 Å². The molecule has 2 nitrogen and oxygen atoms in total. The van der Waals surface area contributed by atoms with Gasteiger partial charge in [0.2, 0.25) is 0 Å². The van der Waals surface area contributed by atoms with E-state index in [0.29, 0.717) is 0 Å². The van der Waals surface area contributed by atoms with E-state index in [0.717, 1.165) is 29.7 Å². The van der Waals surface area contributed by atoms with E-state index in [2.05, 4.69) is 17.5 Å². The lowest BCUT2D eigenvalue weighted by atomic mass is 10.00. The predicted molar refractivity (Wildman–Crippen MR) is 75.1 cm³/mol. The molecule has 1 aromatic heterocycles. The fourth-order valence-corrected chi connectivity index (χ4v) is 2.79. The minimum Gasteiger partial charge on any atom is -0.384 e. The Balaban J connectivity index is 2.12. The topological polar surface area (TPSA) is 29.5 Å². The molecule has 0 aliphatic heterocycles. The third kappa shape index (κ3) is 2.99. The number of thiophene rings is 1. The SMILES string of the molecule is COCCc1ccc(C(O)c2cscc2C)cc1. The van der Waals surface area contributed by atoms with E-state index < -0.39 is 6.10 Å². The third-order valence-corrected chi connectivity index (χ3v) is 3.96. The summed E-state index contributed by atoms with van der Waals surface area (Å²) in [5.41, 5.74) is 4.33. The number of aryl methyl sites for hydroxylation is 1. The van der Waals surface area contributed by atoms with Crippen LogP contribution in [-0.2, 0) is 11.2 Å². The summed E-state index contributed by atoms with van der Waals surface area (Å²) < 4.78 is 5.05. The average molecular weight is 262 g/mol. The quantitative estimate of drug-likeness (QED) is 0.895. The zero-order chi connectivity index (χ0) is 13.0. The van der Waals surface area contributed by atoms with Gasteiger partial charge in [0, 0.05) is 7.11 Å². The van der Waals surface area contributed by atoms with Crippen molar-refractivity contribution in [1.29, 1.82) is 0 Å². The molecule has 0 spiro atoms. The van der Waals surface area contributed by atoms with Crippen LogP contribution in [0.15, 0.2) is 35.0 Å². The number of aliphatic hydroxyl groups excluding tert-OH is 1. The van der Waals surface area contributed by atoms with Gasteiger partial charge in [-0.3, -0.25) is 0 Å². The van der Waals surface area contributed by atoms with Gasteiger partial charge in [-0.1, -0.05) is 24.3 Å². The van der Waals surface area contributed by atoms with Crippen molar-refractivity contribution in [3.05, 3.63) is 57.3 Å². The number of ether oxygens (including phenoxy) is 1. The second-order valence-electron chi connectivity index (χ2n) is 4.40. The predicted octanol–water partition coefficient (Wildman–Crippen LogP) is 3.33. The molecule has 0 fully saturated rings. The highest BCUT2D eigenvalue weighted by atomic mass is 32.1. The van der Waals surface area contributed by atoms with Crippen LogP contribution in [0.3, 0.4) is 0 Å². The number of hydrogen-bond acceptors (Lipinski definition) is 3. The zero-order valence-corrected chi connectivity index (χ0v) is 11.5. The first kappa shape index (κ1) is 13.3. The van der Waals surface area contributed by atoms with Gasteiger partial charge in [0.1, 0.15) is 6.10 Å². The van der Waals surface area contributed by atoms with E-state index in [4.69, 9.17) is 4.74 Å². The van der Waals surface area contributed by atoms with Gasteiger partial charge in [0.15, 0.2) is 0 Å². The first-order valence-corrected chi connectivity index (χ1v) is 6.95. The van der Waals surface area contributed by atoms with Gasteiger partial charge >= 0.3 is 0 Å². The first-order valence-electron chi connectivity index (χ1n) is 6.01. The maximum absolute atomic E-state index is 10.3. The van der Waals surface area contributed by atoms with Crippen LogP contribution in [0.4, 0.5) is 0 Å². The molecule has 2 aromatic rings. The maximum atomic E-state index is 10.3. The van der Waals surface area contributed by atoms with E-state index in [1.165, 1.54) is 5.56 Å². The lowest BCUT2D eigenvalue weighted by molar-refractivity contribution is 0.202. The molecule has 1 aromatic carbocycles. The van der Waals surface area contributed by atoms with Gasteiger partial charge in [-0.15, -0.1) is 0 Å². The van der Waals surface area contributed by atoms with Crippen LogP contribution in [0.25, 0.3) is 0 Å². The summed E-state index contributed by atoms with van der Waals surface area (Å²) >= 11 is 1.63. The van der Waals surface area contributed by atoms with Crippen LogP contribution in [-0.4, -0.2) is 18.8 Å². The van der Waals surface area contributed by atoms with Crippen LogP contribution in [0.1, 0.15) is 28.4 Å². The van der Waals surface area contributed by atoms with Crippen molar-refractivity contribution in [3.63, 3.8) is 0 Å². The molecule has 3 heteroatoms. The Bertz CT molecular complexity index is 487. The fourth-order valence-electron chi connectivity index (χ4n) is 1.92. The Hall–Kier alpha value is -1.16. The molecule has 0 aliphatic carbocycles. The Kier molecular flexibility index (Phi) is 4.53. The molecule has 0 saturated heterocycles. The van der Waals surface area contributed by atoms with Gasteiger partial charge in [-0.05, 0) is 46.4 Å². The largest absolute Gasteiger partial charge is 0.384 e. The van der Waals surface area contributed by atoms with Crippen molar-refractivity contribution in [1.82, 2.24) is 0 Å². The van der Waals surface area contributed by atoms with Crippen LogP contribution < -0.4 is 0 Å². The normalized spacial score (nSPS) is 12.6. The molecule has 1 heterocycles. The van der Waals surface area contributed by atoms with Crippen molar-refractivity contribution in [2.24, 2.45) is 0 Å². The van der Waals surface area contributed by atoms with Crippen molar-refractivity contribution >= 4 is 11.3 Å².